The van der Waals surface area contributed by atoms with Gasteiger partial charge < -0.3 is 10.2 Å². The molecule has 0 saturated carbocycles. The smallest absolute Gasteiger partial charge is 0.194 e. The number of aliphatic imine (C=N–C) groups is 1. The van der Waals surface area contributed by atoms with E-state index in [-0.39, 0.29) is 0 Å². The van der Waals surface area contributed by atoms with Crippen molar-refractivity contribution >= 4 is 5.96 Å². The molecular formula is C10H19N3. The third-order valence-corrected chi connectivity index (χ3v) is 3.00. The van der Waals surface area contributed by atoms with E-state index in [2.05, 4.69) is 22.1 Å². The van der Waals surface area contributed by atoms with Crippen LogP contribution in [0.1, 0.15) is 32.6 Å². The molecule has 1 N–H and O–H groups in total. The van der Waals surface area contributed by atoms with Crippen LogP contribution in [0.3, 0.4) is 0 Å². The first kappa shape index (κ1) is 8.85. The van der Waals surface area contributed by atoms with Gasteiger partial charge >= 0.3 is 0 Å². The van der Waals surface area contributed by atoms with Crippen molar-refractivity contribution in [1.82, 2.24) is 10.2 Å². The maximum Gasteiger partial charge on any atom is 0.194 e. The number of nitrogens with one attached hydrogen (secondary N) is 1. The normalized spacial score (nSPS) is 28.5. The van der Waals surface area contributed by atoms with E-state index in [9.17, 15) is 0 Å². The molecule has 0 radical (unpaired) electrons. The average Bonchev–Trinajstić information content (AvgIpc) is 2.67. The van der Waals surface area contributed by atoms with Gasteiger partial charge in [0, 0.05) is 25.7 Å². The molecule has 1 atom stereocenters. The maximum absolute atomic E-state index is 4.54. The van der Waals surface area contributed by atoms with Crippen molar-refractivity contribution in [2.75, 3.05) is 19.6 Å². The standard InChI is InChI=1S/C10H19N3/c1-2-9-5-3-8-13(9)10-11-6-4-7-12-10/h9H,2-8H2,1H3,(H,11,12). The topological polar surface area (TPSA) is 27.6 Å². The summed E-state index contributed by atoms with van der Waals surface area (Å²) in [6.07, 6.45) is 5.12. The molecule has 1 saturated heterocycles. The first-order chi connectivity index (χ1) is 6.42. The highest BCUT2D eigenvalue weighted by Crippen LogP contribution is 2.20. The lowest BCUT2D eigenvalue weighted by molar-refractivity contribution is 0.361. The highest BCUT2D eigenvalue weighted by Gasteiger charge is 2.26. The van der Waals surface area contributed by atoms with Crippen molar-refractivity contribution < 1.29 is 0 Å². The number of nitrogens with zero attached hydrogens (tertiary/aromatic N) is 2. The minimum absolute atomic E-state index is 0.740. The van der Waals surface area contributed by atoms with Gasteiger partial charge in [-0.05, 0) is 25.7 Å². The summed E-state index contributed by atoms with van der Waals surface area (Å²) >= 11 is 0. The van der Waals surface area contributed by atoms with Crippen LogP contribution in [0, 0.1) is 0 Å². The summed E-state index contributed by atoms with van der Waals surface area (Å²) in [5.41, 5.74) is 0. The summed E-state index contributed by atoms with van der Waals surface area (Å²) in [7, 11) is 0. The second-order valence-electron chi connectivity index (χ2n) is 3.88. The van der Waals surface area contributed by atoms with Crippen LogP contribution in [0.4, 0.5) is 0 Å². The summed E-state index contributed by atoms with van der Waals surface area (Å²) < 4.78 is 0. The number of guanidine groups is 1. The zero-order valence-electron chi connectivity index (χ0n) is 8.42. The van der Waals surface area contributed by atoms with Gasteiger partial charge in [0.25, 0.3) is 0 Å². The van der Waals surface area contributed by atoms with Crippen LogP contribution in [0.25, 0.3) is 0 Å². The molecule has 3 nitrogen and oxygen atoms in total. The molecule has 13 heavy (non-hydrogen) atoms. The summed E-state index contributed by atoms with van der Waals surface area (Å²) in [5, 5.41) is 3.40. The molecule has 2 heterocycles. The van der Waals surface area contributed by atoms with E-state index in [0.717, 1.165) is 25.1 Å². The van der Waals surface area contributed by atoms with Crippen LogP contribution in [0.5, 0.6) is 0 Å². The zero-order chi connectivity index (χ0) is 9.10. The fourth-order valence-corrected chi connectivity index (χ4v) is 2.25. The Morgan fingerprint density at radius 2 is 2.46 bits per heavy atom. The van der Waals surface area contributed by atoms with Gasteiger partial charge in [-0.25, -0.2) is 0 Å². The summed E-state index contributed by atoms with van der Waals surface area (Å²) in [5.74, 6) is 1.16. The lowest BCUT2D eigenvalue weighted by Gasteiger charge is -2.29. The fourth-order valence-electron chi connectivity index (χ4n) is 2.25. The molecule has 0 aromatic rings. The van der Waals surface area contributed by atoms with Gasteiger partial charge in [0.1, 0.15) is 0 Å². The van der Waals surface area contributed by atoms with Crippen LogP contribution < -0.4 is 5.32 Å². The number of likely N-dealkylation sites (tertiary alicyclic amines) is 1. The Balaban J connectivity index is 2.01. The van der Waals surface area contributed by atoms with Crippen LogP contribution in [-0.4, -0.2) is 36.5 Å². The van der Waals surface area contributed by atoms with Crippen molar-refractivity contribution in [2.24, 2.45) is 4.99 Å². The van der Waals surface area contributed by atoms with E-state index in [1.807, 2.05) is 0 Å². The van der Waals surface area contributed by atoms with Crippen molar-refractivity contribution in [1.29, 1.82) is 0 Å². The lowest BCUT2D eigenvalue weighted by atomic mass is 10.2. The highest BCUT2D eigenvalue weighted by molar-refractivity contribution is 5.81. The van der Waals surface area contributed by atoms with E-state index < -0.39 is 0 Å². The second-order valence-corrected chi connectivity index (χ2v) is 3.88. The van der Waals surface area contributed by atoms with Gasteiger partial charge in [-0.1, -0.05) is 6.92 Å². The van der Waals surface area contributed by atoms with Gasteiger partial charge in [-0.15, -0.1) is 0 Å². The summed E-state index contributed by atoms with van der Waals surface area (Å²) in [6, 6.07) is 0.740. The first-order valence-corrected chi connectivity index (χ1v) is 5.47. The molecule has 0 aliphatic carbocycles. The van der Waals surface area contributed by atoms with Gasteiger partial charge in [0.05, 0.1) is 0 Å². The van der Waals surface area contributed by atoms with Crippen molar-refractivity contribution in [3.63, 3.8) is 0 Å². The molecule has 2 rings (SSSR count). The average molecular weight is 181 g/mol. The highest BCUT2D eigenvalue weighted by atomic mass is 15.3. The molecule has 0 amide bonds. The summed E-state index contributed by atoms with van der Waals surface area (Å²) in [4.78, 5) is 7.00. The van der Waals surface area contributed by atoms with Crippen molar-refractivity contribution in [3.8, 4) is 0 Å². The van der Waals surface area contributed by atoms with E-state index in [1.54, 1.807) is 0 Å². The fraction of sp³-hybridized carbons (Fsp3) is 0.900. The molecule has 0 spiro atoms. The predicted octanol–water partition coefficient (Wildman–Crippen LogP) is 1.21. The molecule has 2 aliphatic rings. The lowest BCUT2D eigenvalue weighted by Crippen LogP contribution is -2.46. The van der Waals surface area contributed by atoms with Gasteiger partial charge in [0.15, 0.2) is 5.96 Å². The van der Waals surface area contributed by atoms with Gasteiger partial charge in [-0.3, -0.25) is 4.99 Å². The largest absolute Gasteiger partial charge is 0.356 e. The molecule has 0 aromatic heterocycles. The van der Waals surface area contributed by atoms with Crippen LogP contribution in [0.2, 0.25) is 0 Å². The third-order valence-electron chi connectivity index (χ3n) is 3.00. The van der Waals surface area contributed by atoms with Gasteiger partial charge in [-0.2, -0.15) is 0 Å². The van der Waals surface area contributed by atoms with Crippen LogP contribution in [0.15, 0.2) is 4.99 Å². The first-order valence-electron chi connectivity index (χ1n) is 5.47. The van der Waals surface area contributed by atoms with E-state index in [4.69, 9.17) is 0 Å². The molecule has 74 valence electrons. The van der Waals surface area contributed by atoms with E-state index in [1.165, 1.54) is 32.2 Å². The Labute approximate surface area is 80.2 Å². The zero-order valence-corrected chi connectivity index (χ0v) is 8.42. The quantitative estimate of drug-likeness (QED) is 0.658. The van der Waals surface area contributed by atoms with Crippen LogP contribution in [-0.2, 0) is 0 Å². The predicted molar refractivity (Wildman–Crippen MR) is 54.9 cm³/mol. The molecule has 0 bridgehead atoms. The molecular weight excluding hydrogens is 162 g/mol. The monoisotopic (exact) mass is 181 g/mol. The minimum Gasteiger partial charge on any atom is -0.356 e. The minimum atomic E-state index is 0.740. The number of hydrogen-bond donors (Lipinski definition) is 1. The van der Waals surface area contributed by atoms with Crippen molar-refractivity contribution in [2.45, 2.75) is 38.6 Å². The number of rotatable bonds is 1. The third kappa shape index (κ3) is 1.79. The van der Waals surface area contributed by atoms with Crippen molar-refractivity contribution in [3.05, 3.63) is 0 Å². The Bertz CT molecular complexity index is 200. The van der Waals surface area contributed by atoms with Gasteiger partial charge in [0.2, 0.25) is 0 Å². The maximum atomic E-state index is 4.54. The van der Waals surface area contributed by atoms with Crippen LogP contribution >= 0.6 is 0 Å². The molecule has 0 aromatic carbocycles. The summed E-state index contributed by atoms with van der Waals surface area (Å²) in [6.45, 7) is 5.58. The Hall–Kier alpha value is -0.730. The molecule has 3 heteroatoms. The van der Waals surface area contributed by atoms with E-state index in [0.29, 0.717) is 0 Å². The molecule has 2 aliphatic heterocycles. The molecule has 1 fully saturated rings. The molecule has 1 unspecified atom stereocenters. The second kappa shape index (κ2) is 3.99. The Morgan fingerprint density at radius 1 is 1.54 bits per heavy atom. The van der Waals surface area contributed by atoms with E-state index >= 15 is 0 Å². The Morgan fingerprint density at radius 3 is 3.15 bits per heavy atom. The number of hydrogen-bond acceptors (Lipinski definition) is 3. The Kier molecular flexibility index (Phi) is 2.71. The SMILES string of the molecule is CCC1CCCN1C1=NCCCN1.